The second-order valence-electron chi connectivity index (χ2n) is 9.82. The summed E-state index contributed by atoms with van der Waals surface area (Å²) in [7, 11) is 6.51. The molecular weight excluding hydrogens is 521 g/mol. The van der Waals surface area contributed by atoms with Crippen LogP contribution in [0.25, 0.3) is 10.9 Å². The minimum absolute atomic E-state index is 0.0817. The van der Waals surface area contributed by atoms with Gasteiger partial charge in [-0.15, -0.1) is 0 Å². The molecule has 1 saturated heterocycles. The van der Waals surface area contributed by atoms with Crippen LogP contribution < -0.4 is 34.7 Å². The molecule has 1 atom stereocenters. The summed E-state index contributed by atoms with van der Waals surface area (Å²) in [6.07, 6.45) is 2.89. The van der Waals surface area contributed by atoms with Gasteiger partial charge in [0.15, 0.2) is 23.1 Å². The number of piperazine rings is 1. The first-order chi connectivity index (χ1) is 19.3. The molecule has 0 saturated carbocycles. The molecule has 0 unspecified atom stereocenters. The number of rotatable bonds is 7. The number of methoxy groups -OCH3 is 3. The van der Waals surface area contributed by atoms with Crippen LogP contribution in [0.1, 0.15) is 28.9 Å². The van der Waals surface area contributed by atoms with Crippen molar-refractivity contribution in [3.63, 3.8) is 0 Å². The molecule has 5 rings (SSSR count). The van der Waals surface area contributed by atoms with E-state index in [9.17, 15) is 9.59 Å². The van der Waals surface area contributed by atoms with E-state index in [0.29, 0.717) is 52.9 Å². The van der Waals surface area contributed by atoms with Crippen molar-refractivity contribution in [2.45, 2.75) is 13.0 Å². The summed E-state index contributed by atoms with van der Waals surface area (Å²) in [5.74, 6) is 0.330. The van der Waals surface area contributed by atoms with Crippen LogP contribution in [0.4, 0.5) is 10.1 Å². The number of nitrogens with zero attached hydrogens (tertiary/aromatic N) is 4. The molecule has 0 bridgehead atoms. The van der Waals surface area contributed by atoms with E-state index >= 15 is 4.39 Å². The van der Waals surface area contributed by atoms with Crippen molar-refractivity contribution in [1.29, 1.82) is 0 Å². The summed E-state index contributed by atoms with van der Waals surface area (Å²) in [6.45, 7) is 5.04. The molecule has 2 aromatic carbocycles. The number of carbonyl (C=O) groups excluding carboxylic acids is 1. The van der Waals surface area contributed by atoms with Crippen LogP contribution in [-0.2, 0) is 0 Å². The van der Waals surface area contributed by atoms with Gasteiger partial charge >= 0.3 is 0 Å². The van der Waals surface area contributed by atoms with Gasteiger partial charge < -0.3 is 33.3 Å². The van der Waals surface area contributed by atoms with Gasteiger partial charge in [0.2, 0.25) is 11.2 Å². The predicted octanol–water partition coefficient (Wildman–Crippen LogP) is 2.64. The highest BCUT2D eigenvalue weighted by atomic mass is 19.1. The Morgan fingerprint density at radius 2 is 1.77 bits per heavy atom. The van der Waals surface area contributed by atoms with Crippen molar-refractivity contribution in [3.05, 3.63) is 51.6 Å². The maximum Gasteiger partial charge on any atom is 0.276 e. The zero-order chi connectivity index (χ0) is 28.6. The minimum Gasteiger partial charge on any atom is -0.493 e. The highest BCUT2D eigenvalue weighted by Crippen LogP contribution is 2.42. The zero-order valence-corrected chi connectivity index (χ0v) is 23.1. The highest BCUT2D eigenvalue weighted by molar-refractivity contribution is 6.00. The molecule has 11 nitrogen and oxygen atoms in total. The van der Waals surface area contributed by atoms with Crippen LogP contribution in [0.15, 0.2) is 34.3 Å². The van der Waals surface area contributed by atoms with Crippen molar-refractivity contribution in [2.24, 2.45) is 5.10 Å². The lowest BCUT2D eigenvalue weighted by Crippen LogP contribution is -2.45. The highest BCUT2D eigenvalue weighted by Gasteiger charge is 2.31. The third-order valence-electron chi connectivity index (χ3n) is 7.27. The first-order valence-electron chi connectivity index (χ1n) is 12.9. The Morgan fingerprint density at radius 3 is 2.40 bits per heavy atom. The number of pyridine rings is 1. The molecule has 0 spiro atoms. The molecule has 212 valence electrons. The van der Waals surface area contributed by atoms with Gasteiger partial charge in [-0.2, -0.15) is 5.10 Å². The number of hydrogen-bond acceptors (Lipinski definition) is 9. The molecule has 1 aromatic heterocycles. The number of carbonyl (C=O) groups is 1. The smallest absolute Gasteiger partial charge is 0.276 e. The maximum atomic E-state index is 15.5. The number of likely N-dealkylation sites (N-methyl/N-ethyl adjacent to an activating group) is 1. The molecule has 2 aliphatic rings. The third-order valence-corrected chi connectivity index (χ3v) is 7.27. The molecule has 0 aliphatic carbocycles. The Kier molecular flexibility index (Phi) is 7.53. The number of hydrogen-bond donors (Lipinski definition) is 1. The third kappa shape index (κ3) is 4.79. The lowest BCUT2D eigenvalue weighted by molar-refractivity contribution is 0.0953. The van der Waals surface area contributed by atoms with Gasteiger partial charge in [-0.25, -0.2) is 9.82 Å². The summed E-state index contributed by atoms with van der Waals surface area (Å²) in [6, 6.07) is 4.35. The van der Waals surface area contributed by atoms with Crippen LogP contribution in [0, 0.1) is 5.82 Å². The average molecular weight is 554 g/mol. The molecule has 1 fully saturated rings. The van der Waals surface area contributed by atoms with Crippen molar-refractivity contribution in [2.75, 3.05) is 66.1 Å². The van der Waals surface area contributed by atoms with E-state index in [-0.39, 0.29) is 23.6 Å². The van der Waals surface area contributed by atoms with Crippen molar-refractivity contribution in [3.8, 4) is 23.0 Å². The Labute approximate surface area is 230 Å². The van der Waals surface area contributed by atoms with Crippen molar-refractivity contribution >= 4 is 28.7 Å². The van der Waals surface area contributed by atoms with Gasteiger partial charge in [-0.3, -0.25) is 9.59 Å². The lowest BCUT2D eigenvalue weighted by Gasteiger charge is -2.37. The van der Waals surface area contributed by atoms with Crippen LogP contribution in [0.5, 0.6) is 23.0 Å². The van der Waals surface area contributed by atoms with E-state index in [0.717, 1.165) is 13.1 Å². The first-order valence-corrected chi connectivity index (χ1v) is 12.9. The topological polar surface area (TPSA) is 107 Å². The number of benzene rings is 2. The van der Waals surface area contributed by atoms with E-state index in [2.05, 4.69) is 15.4 Å². The zero-order valence-electron chi connectivity index (χ0n) is 23.1. The van der Waals surface area contributed by atoms with Gasteiger partial charge in [-0.05, 0) is 32.2 Å². The number of nitrogens with one attached hydrogen (secondary N) is 1. The number of aromatic nitrogens is 1. The fourth-order valence-corrected chi connectivity index (χ4v) is 5.10. The standard InChI is InChI=1S/C28H32FN5O6/c1-16-15-40-27-23-18(12-20(29)24(27)33-8-6-32(2)7-9-33)25(35)19(14-34(16)23)28(36)31-30-13-17-10-21(37-3)26(39-5)22(11-17)38-4/h10-14,16H,6-9,15H2,1-5H3,(H,31,36)/b30-13+/t16-/m0/s1. The van der Waals surface area contributed by atoms with Crippen LogP contribution >= 0.6 is 0 Å². The maximum absolute atomic E-state index is 15.5. The average Bonchev–Trinajstić information content (AvgIpc) is 2.95. The van der Waals surface area contributed by atoms with Gasteiger partial charge in [0.05, 0.1) is 44.5 Å². The molecule has 1 N–H and O–H groups in total. The largest absolute Gasteiger partial charge is 0.493 e. The van der Waals surface area contributed by atoms with E-state index < -0.39 is 17.2 Å². The molecule has 3 heterocycles. The van der Waals surface area contributed by atoms with E-state index in [1.165, 1.54) is 39.8 Å². The van der Waals surface area contributed by atoms with Gasteiger partial charge in [0, 0.05) is 37.9 Å². The fourth-order valence-electron chi connectivity index (χ4n) is 5.10. The SMILES string of the molecule is COc1cc(/C=N/NC(=O)c2cn3c4c(c(N5CCN(C)CC5)c(F)cc4c2=O)OC[C@@H]3C)cc(OC)c1OC. The second-order valence-corrected chi connectivity index (χ2v) is 9.82. The van der Waals surface area contributed by atoms with Crippen molar-refractivity contribution < 1.29 is 28.1 Å². The Morgan fingerprint density at radius 1 is 1.10 bits per heavy atom. The molecule has 12 heteroatoms. The summed E-state index contributed by atoms with van der Waals surface area (Å²) < 4.78 is 39.4. The summed E-state index contributed by atoms with van der Waals surface area (Å²) >= 11 is 0. The van der Waals surface area contributed by atoms with Crippen molar-refractivity contribution in [1.82, 2.24) is 14.9 Å². The van der Waals surface area contributed by atoms with E-state index in [4.69, 9.17) is 18.9 Å². The Balaban J connectivity index is 1.49. The van der Waals surface area contributed by atoms with E-state index in [1.54, 1.807) is 12.1 Å². The fraction of sp³-hybridized carbons (Fsp3) is 0.393. The molecule has 40 heavy (non-hydrogen) atoms. The van der Waals surface area contributed by atoms with Crippen LogP contribution in [0.2, 0.25) is 0 Å². The van der Waals surface area contributed by atoms with Crippen LogP contribution in [-0.4, -0.2) is 82.8 Å². The molecule has 3 aromatic rings. The van der Waals surface area contributed by atoms with E-state index in [1.807, 2.05) is 23.4 Å². The normalized spacial score (nSPS) is 17.1. The van der Waals surface area contributed by atoms with Gasteiger partial charge in [-0.1, -0.05) is 0 Å². The van der Waals surface area contributed by atoms with Gasteiger partial charge in [0.25, 0.3) is 5.91 Å². The quantitative estimate of drug-likeness (QED) is 0.352. The molecule has 1 amide bonds. The second kappa shape index (κ2) is 11.0. The molecule has 2 aliphatic heterocycles. The number of anilines is 1. The first kappa shape index (κ1) is 27.3. The summed E-state index contributed by atoms with van der Waals surface area (Å²) in [5, 5.41) is 4.10. The molecular formula is C28H32FN5O6. The molecule has 0 radical (unpaired) electrons. The Bertz CT molecular complexity index is 1520. The predicted molar refractivity (Wildman–Crippen MR) is 149 cm³/mol. The minimum atomic E-state index is -0.719. The Hall–Kier alpha value is -4.32. The number of ether oxygens (including phenoxy) is 4. The number of halogens is 1. The van der Waals surface area contributed by atoms with Crippen LogP contribution in [0.3, 0.4) is 0 Å². The number of amides is 1. The monoisotopic (exact) mass is 553 g/mol. The lowest BCUT2D eigenvalue weighted by atomic mass is 10.0. The summed E-state index contributed by atoms with van der Waals surface area (Å²) in [4.78, 5) is 30.7. The number of hydrazone groups is 1. The van der Waals surface area contributed by atoms with Gasteiger partial charge in [0.1, 0.15) is 17.9 Å². The summed E-state index contributed by atoms with van der Waals surface area (Å²) in [5.41, 5.74) is 3.05.